The van der Waals surface area contributed by atoms with E-state index < -0.39 is 0 Å². The third-order valence-electron chi connectivity index (χ3n) is 3.43. The van der Waals surface area contributed by atoms with Crippen molar-refractivity contribution in [2.75, 3.05) is 5.33 Å². The number of nitrogens with zero attached hydrogens (tertiary/aromatic N) is 2. The first-order valence-electron chi connectivity index (χ1n) is 6.80. The zero-order valence-electron chi connectivity index (χ0n) is 11.2. The summed E-state index contributed by atoms with van der Waals surface area (Å²) in [5.74, 6) is 0.693. The first-order chi connectivity index (χ1) is 8.80. The average Bonchev–Trinajstić information content (AvgIpc) is 2.76. The van der Waals surface area contributed by atoms with E-state index in [1.165, 1.54) is 29.4 Å². The van der Waals surface area contributed by atoms with E-state index in [2.05, 4.69) is 58.7 Å². The highest BCUT2D eigenvalue weighted by molar-refractivity contribution is 9.09. The highest BCUT2D eigenvalue weighted by Gasteiger charge is 2.14. The molecule has 0 fully saturated rings. The van der Waals surface area contributed by atoms with Gasteiger partial charge in [-0.1, -0.05) is 47.5 Å². The lowest BCUT2D eigenvalue weighted by Gasteiger charge is -2.10. The fourth-order valence-corrected chi connectivity index (χ4v) is 3.06. The van der Waals surface area contributed by atoms with Gasteiger partial charge in [-0.05, 0) is 31.7 Å². The quantitative estimate of drug-likeness (QED) is 0.723. The van der Waals surface area contributed by atoms with E-state index >= 15 is 0 Å². The predicted octanol–water partition coefficient (Wildman–Crippen LogP) is 4.41. The number of hydrogen-bond donors (Lipinski definition) is 0. The van der Waals surface area contributed by atoms with Crippen LogP contribution in [-0.4, -0.2) is 15.1 Å². The van der Waals surface area contributed by atoms with Gasteiger partial charge in [0, 0.05) is 17.3 Å². The molecule has 2 nitrogen and oxygen atoms in total. The zero-order valence-corrected chi connectivity index (χ0v) is 12.8. The summed E-state index contributed by atoms with van der Waals surface area (Å²) in [4.78, 5) is 0. The monoisotopic (exact) mass is 308 g/mol. The normalized spacial score (nSPS) is 13.1. The maximum absolute atomic E-state index is 4.77. The van der Waals surface area contributed by atoms with Crippen molar-refractivity contribution in [1.29, 1.82) is 0 Å². The molecule has 0 saturated heterocycles. The number of hydrogen-bond acceptors (Lipinski definition) is 1. The lowest BCUT2D eigenvalue weighted by molar-refractivity contribution is 0.522. The van der Waals surface area contributed by atoms with Crippen molar-refractivity contribution in [3.05, 3.63) is 30.0 Å². The van der Waals surface area contributed by atoms with Gasteiger partial charge in [0.05, 0.1) is 11.2 Å². The predicted molar refractivity (Wildman–Crippen MR) is 81.3 cm³/mol. The van der Waals surface area contributed by atoms with E-state index in [1.54, 1.807) is 0 Å². The van der Waals surface area contributed by atoms with Gasteiger partial charge in [-0.2, -0.15) is 5.10 Å². The molecule has 1 unspecified atom stereocenters. The van der Waals surface area contributed by atoms with Gasteiger partial charge in [0.15, 0.2) is 0 Å². The van der Waals surface area contributed by atoms with Crippen LogP contribution in [0.15, 0.2) is 24.3 Å². The van der Waals surface area contributed by atoms with Crippen LogP contribution in [0.5, 0.6) is 0 Å². The summed E-state index contributed by atoms with van der Waals surface area (Å²) in [5, 5.41) is 7.16. The summed E-state index contributed by atoms with van der Waals surface area (Å²) in [5.41, 5.74) is 2.52. The number of halogens is 1. The lowest BCUT2D eigenvalue weighted by Crippen LogP contribution is -2.07. The summed E-state index contributed by atoms with van der Waals surface area (Å²) in [6.07, 6.45) is 3.58. The first kappa shape index (κ1) is 13.6. The van der Waals surface area contributed by atoms with Crippen LogP contribution in [0.3, 0.4) is 0 Å². The molecule has 0 amide bonds. The van der Waals surface area contributed by atoms with Crippen LogP contribution >= 0.6 is 15.9 Å². The van der Waals surface area contributed by atoms with Gasteiger partial charge in [0.1, 0.15) is 0 Å². The molecule has 2 rings (SSSR count). The zero-order chi connectivity index (χ0) is 13.0. The molecular weight excluding hydrogens is 288 g/mol. The van der Waals surface area contributed by atoms with Gasteiger partial charge in [0.2, 0.25) is 0 Å². The second-order valence-corrected chi connectivity index (χ2v) is 5.44. The Hall–Kier alpha value is -0.830. The Kier molecular flexibility index (Phi) is 4.81. The second kappa shape index (κ2) is 6.37. The maximum atomic E-state index is 4.77. The van der Waals surface area contributed by atoms with Crippen molar-refractivity contribution < 1.29 is 0 Å². The molecule has 1 atom stereocenters. The highest BCUT2D eigenvalue weighted by atomic mass is 79.9. The van der Waals surface area contributed by atoms with E-state index in [1.807, 2.05) is 0 Å². The van der Waals surface area contributed by atoms with Crippen LogP contribution < -0.4 is 0 Å². The van der Waals surface area contributed by atoms with E-state index in [4.69, 9.17) is 5.10 Å². The molecule has 0 spiro atoms. The molecule has 0 saturated carbocycles. The van der Waals surface area contributed by atoms with Crippen molar-refractivity contribution >= 4 is 26.8 Å². The third kappa shape index (κ3) is 2.77. The van der Waals surface area contributed by atoms with Gasteiger partial charge in [-0.25, -0.2) is 0 Å². The number of aryl methyl sites for hydroxylation is 1. The number of rotatable bonds is 6. The van der Waals surface area contributed by atoms with Gasteiger partial charge in [0.25, 0.3) is 0 Å². The van der Waals surface area contributed by atoms with E-state index in [0.717, 1.165) is 18.3 Å². The summed E-state index contributed by atoms with van der Waals surface area (Å²) in [7, 11) is 0. The van der Waals surface area contributed by atoms with Gasteiger partial charge in [-0.15, -0.1) is 0 Å². The van der Waals surface area contributed by atoms with Crippen LogP contribution in [0.4, 0.5) is 0 Å². The minimum atomic E-state index is 0.693. The average molecular weight is 309 g/mol. The Morgan fingerprint density at radius 2 is 2.06 bits per heavy atom. The van der Waals surface area contributed by atoms with Gasteiger partial charge >= 0.3 is 0 Å². The number of benzene rings is 1. The van der Waals surface area contributed by atoms with Crippen LogP contribution in [-0.2, 0) is 13.0 Å². The second-order valence-electron chi connectivity index (χ2n) is 4.79. The Morgan fingerprint density at radius 3 is 2.72 bits per heavy atom. The van der Waals surface area contributed by atoms with Crippen molar-refractivity contribution in [2.24, 2.45) is 5.92 Å². The fourth-order valence-electron chi connectivity index (χ4n) is 2.50. The standard InChI is InChI=1S/C15H21BrN2/c1-3-7-12(11-16)10-14-13-8-5-6-9-15(13)18(4-2)17-14/h5-6,8-9,12H,3-4,7,10-11H2,1-2H3. The minimum Gasteiger partial charge on any atom is -0.265 e. The molecule has 0 N–H and O–H groups in total. The van der Waals surface area contributed by atoms with E-state index in [9.17, 15) is 0 Å². The van der Waals surface area contributed by atoms with Crippen molar-refractivity contribution in [2.45, 2.75) is 39.7 Å². The summed E-state index contributed by atoms with van der Waals surface area (Å²) < 4.78 is 2.11. The summed E-state index contributed by atoms with van der Waals surface area (Å²) in [6, 6.07) is 8.56. The topological polar surface area (TPSA) is 17.8 Å². The van der Waals surface area contributed by atoms with Gasteiger partial charge in [-0.3, -0.25) is 4.68 Å². The molecule has 0 aliphatic heterocycles. The molecule has 0 radical (unpaired) electrons. The third-order valence-corrected chi connectivity index (χ3v) is 4.35. The Bertz CT molecular complexity index is 504. The van der Waals surface area contributed by atoms with Crippen LogP contribution in [0.2, 0.25) is 0 Å². The van der Waals surface area contributed by atoms with Crippen molar-refractivity contribution in [3.63, 3.8) is 0 Å². The molecule has 2 aromatic rings. The van der Waals surface area contributed by atoms with Gasteiger partial charge < -0.3 is 0 Å². The van der Waals surface area contributed by atoms with E-state index in [-0.39, 0.29) is 0 Å². The summed E-state index contributed by atoms with van der Waals surface area (Å²) >= 11 is 3.63. The van der Waals surface area contributed by atoms with Crippen LogP contribution in [0.25, 0.3) is 10.9 Å². The number of alkyl halides is 1. The Morgan fingerprint density at radius 1 is 1.28 bits per heavy atom. The van der Waals surface area contributed by atoms with Crippen molar-refractivity contribution in [3.8, 4) is 0 Å². The molecule has 0 aliphatic rings. The Balaban J connectivity index is 2.32. The summed E-state index contributed by atoms with van der Waals surface area (Å²) in [6.45, 7) is 5.34. The molecule has 18 heavy (non-hydrogen) atoms. The van der Waals surface area contributed by atoms with Crippen LogP contribution in [0.1, 0.15) is 32.4 Å². The number of fused-ring (bicyclic) bond motifs is 1. The van der Waals surface area contributed by atoms with Crippen molar-refractivity contribution in [1.82, 2.24) is 9.78 Å². The SMILES string of the molecule is CCCC(CBr)Cc1nn(CC)c2ccccc12. The molecular formula is C15H21BrN2. The van der Waals surface area contributed by atoms with Crippen LogP contribution in [0, 0.1) is 5.92 Å². The molecule has 1 aromatic carbocycles. The number of para-hydroxylation sites is 1. The highest BCUT2D eigenvalue weighted by Crippen LogP contribution is 2.23. The molecule has 1 heterocycles. The Labute approximate surface area is 118 Å². The molecule has 1 aromatic heterocycles. The molecule has 3 heteroatoms. The lowest BCUT2D eigenvalue weighted by atomic mass is 9.99. The fraction of sp³-hybridized carbons (Fsp3) is 0.533. The maximum Gasteiger partial charge on any atom is 0.0706 e. The molecule has 98 valence electrons. The smallest absolute Gasteiger partial charge is 0.0706 e. The minimum absolute atomic E-state index is 0.693. The first-order valence-corrected chi connectivity index (χ1v) is 7.92. The number of aromatic nitrogens is 2. The molecule has 0 bridgehead atoms. The molecule has 0 aliphatic carbocycles. The van der Waals surface area contributed by atoms with E-state index in [0.29, 0.717) is 5.92 Å². The largest absolute Gasteiger partial charge is 0.265 e.